The highest BCUT2D eigenvalue weighted by atomic mass is 14.7. The maximum absolute atomic E-state index is 4.69. The van der Waals surface area contributed by atoms with Crippen molar-refractivity contribution >= 4 is 0 Å². The standard InChI is InChI=1S/C35H33N/c1-24(2)32-22-29(27-15-9-6-10-16-27)23-33(25(3)4)35(32)31-20-28(26-13-7-5-8-14-26)19-30(21-31)34-17-11-12-18-36-34/h5-25H,1-4H3. The summed E-state index contributed by atoms with van der Waals surface area (Å²) in [6, 6.07) is 39.3. The van der Waals surface area contributed by atoms with Gasteiger partial charge in [0.05, 0.1) is 5.69 Å². The van der Waals surface area contributed by atoms with Crippen LogP contribution >= 0.6 is 0 Å². The van der Waals surface area contributed by atoms with Gasteiger partial charge in [-0.25, -0.2) is 0 Å². The number of hydrogen-bond donors (Lipinski definition) is 0. The van der Waals surface area contributed by atoms with Crippen molar-refractivity contribution in [2.45, 2.75) is 39.5 Å². The van der Waals surface area contributed by atoms with Crippen molar-refractivity contribution in [1.29, 1.82) is 0 Å². The zero-order chi connectivity index (χ0) is 25.1. The van der Waals surface area contributed by atoms with Crippen LogP contribution in [0, 0.1) is 0 Å². The summed E-state index contributed by atoms with van der Waals surface area (Å²) in [6.45, 7) is 9.22. The Labute approximate surface area is 215 Å². The maximum atomic E-state index is 4.69. The van der Waals surface area contributed by atoms with Crippen LogP contribution < -0.4 is 0 Å². The number of rotatable bonds is 6. The monoisotopic (exact) mass is 467 g/mol. The van der Waals surface area contributed by atoms with Crippen LogP contribution in [0.1, 0.15) is 50.7 Å². The summed E-state index contributed by atoms with van der Waals surface area (Å²) in [5, 5.41) is 0. The first-order valence-corrected chi connectivity index (χ1v) is 12.9. The normalized spacial score (nSPS) is 11.3. The van der Waals surface area contributed by atoms with Crippen molar-refractivity contribution in [3.8, 4) is 44.6 Å². The lowest BCUT2D eigenvalue weighted by Gasteiger charge is -2.23. The molecular weight excluding hydrogens is 434 g/mol. The van der Waals surface area contributed by atoms with Crippen molar-refractivity contribution in [3.05, 3.63) is 127 Å². The Morgan fingerprint density at radius 3 is 1.42 bits per heavy atom. The molecule has 0 amide bonds. The second-order valence-electron chi connectivity index (χ2n) is 10.1. The highest BCUT2D eigenvalue weighted by Crippen LogP contribution is 2.42. The Hall–Kier alpha value is -3.97. The molecule has 178 valence electrons. The van der Waals surface area contributed by atoms with Crippen LogP contribution in [0.3, 0.4) is 0 Å². The molecule has 0 aliphatic heterocycles. The van der Waals surface area contributed by atoms with Crippen LogP contribution in [0.2, 0.25) is 0 Å². The predicted molar refractivity (Wildman–Crippen MR) is 154 cm³/mol. The van der Waals surface area contributed by atoms with Crippen molar-refractivity contribution in [2.24, 2.45) is 0 Å². The van der Waals surface area contributed by atoms with Gasteiger partial charge in [-0.3, -0.25) is 4.98 Å². The molecular formula is C35H33N. The highest BCUT2D eigenvalue weighted by molar-refractivity contribution is 5.85. The van der Waals surface area contributed by atoms with Crippen molar-refractivity contribution in [2.75, 3.05) is 0 Å². The summed E-state index contributed by atoms with van der Waals surface area (Å²) in [7, 11) is 0. The Bertz CT molecular complexity index is 1360. The average molecular weight is 468 g/mol. The van der Waals surface area contributed by atoms with E-state index >= 15 is 0 Å². The molecule has 0 spiro atoms. The van der Waals surface area contributed by atoms with E-state index in [1.807, 2.05) is 12.3 Å². The Kier molecular flexibility index (Phi) is 6.82. The van der Waals surface area contributed by atoms with Crippen LogP contribution in [0.4, 0.5) is 0 Å². The predicted octanol–water partition coefficient (Wildman–Crippen LogP) is 10.00. The van der Waals surface area contributed by atoms with E-state index in [1.54, 1.807) is 0 Å². The largest absolute Gasteiger partial charge is 0.256 e. The molecule has 1 aromatic heterocycles. The first kappa shape index (κ1) is 23.8. The molecule has 36 heavy (non-hydrogen) atoms. The molecule has 0 bridgehead atoms. The van der Waals surface area contributed by atoms with E-state index in [9.17, 15) is 0 Å². The van der Waals surface area contributed by atoms with Crippen molar-refractivity contribution in [1.82, 2.24) is 4.98 Å². The average Bonchev–Trinajstić information content (AvgIpc) is 2.93. The molecule has 5 aromatic rings. The Morgan fingerprint density at radius 2 is 0.917 bits per heavy atom. The van der Waals surface area contributed by atoms with E-state index < -0.39 is 0 Å². The molecule has 0 saturated carbocycles. The quantitative estimate of drug-likeness (QED) is 0.242. The fourth-order valence-corrected chi connectivity index (χ4v) is 4.98. The Balaban J connectivity index is 1.80. The first-order chi connectivity index (χ1) is 17.5. The zero-order valence-corrected chi connectivity index (χ0v) is 21.6. The van der Waals surface area contributed by atoms with Crippen LogP contribution in [-0.4, -0.2) is 4.98 Å². The van der Waals surface area contributed by atoms with Crippen molar-refractivity contribution < 1.29 is 0 Å². The molecule has 1 heterocycles. The van der Waals surface area contributed by atoms with Gasteiger partial charge in [-0.05, 0) is 86.7 Å². The summed E-state index contributed by atoms with van der Waals surface area (Å²) < 4.78 is 0. The molecule has 0 N–H and O–H groups in total. The third-order valence-electron chi connectivity index (χ3n) is 6.84. The lowest BCUT2D eigenvalue weighted by molar-refractivity contribution is 0.839. The van der Waals surface area contributed by atoms with E-state index in [2.05, 4.69) is 136 Å². The van der Waals surface area contributed by atoms with E-state index in [4.69, 9.17) is 0 Å². The number of hydrogen-bond acceptors (Lipinski definition) is 1. The van der Waals surface area contributed by atoms with E-state index in [0.29, 0.717) is 11.8 Å². The summed E-state index contributed by atoms with van der Waals surface area (Å²) >= 11 is 0. The van der Waals surface area contributed by atoms with Gasteiger partial charge in [0, 0.05) is 11.8 Å². The summed E-state index contributed by atoms with van der Waals surface area (Å²) in [6.07, 6.45) is 1.87. The minimum Gasteiger partial charge on any atom is -0.256 e. The molecule has 1 heteroatoms. The van der Waals surface area contributed by atoms with E-state index in [1.165, 1.54) is 44.5 Å². The molecule has 0 atom stereocenters. The number of benzene rings is 4. The second-order valence-corrected chi connectivity index (χ2v) is 10.1. The lowest BCUT2D eigenvalue weighted by atomic mass is 9.81. The van der Waals surface area contributed by atoms with Gasteiger partial charge in [0.2, 0.25) is 0 Å². The summed E-state index contributed by atoms with van der Waals surface area (Å²) in [5.41, 5.74) is 12.5. The van der Waals surface area contributed by atoms with Gasteiger partial charge >= 0.3 is 0 Å². The van der Waals surface area contributed by atoms with Crippen LogP contribution in [0.15, 0.2) is 115 Å². The van der Waals surface area contributed by atoms with Crippen LogP contribution in [0.5, 0.6) is 0 Å². The molecule has 0 radical (unpaired) electrons. The first-order valence-electron chi connectivity index (χ1n) is 12.9. The molecule has 1 nitrogen and oxygen atoms in total. The minimum absolute atomic E-state index is 0.389. The topological polar surface area (TPSA) is 12.9 Å². The molecule has 0 unspecified atom stereocenters. The van der Waals surface area contributed by atoms with Gasteiger partial charge in [0.15, 0.2) is 0 Å². The number of pyridine rings is 1. The third kappa shape index (κ3) is 4.88. The Morgan fingerprint density at radius 1 is 0.444 bits per heavy atom. The zero-order valence-electron chi connectivity index (χ0n) is 21.6. The van der Waals surface area contributed by atoms with Crippen molar-refractivity contribution in [3.63, 3.8) is 0 Å². The SMILES string of the molecule is CC(C)c1cc(-c2ccccc2)cc(C(C)C)c1-c1cc(-c2ccccc2)cc(-c2ccccn2)c1. The van der Waals surface area contributed by atoms with Gasteiger partial charge in [0.1, 0.15) is 0 Å². The smallest absolute Gasteiger partial charge is 0.0702 e. The van der Waals surface area contributed by atoms with Gasteiger partial charge in [0.25, 0.3) is 0 Å². The van der Waals surface area contributed by atoms with Gasteiger partial charge < -0.3 is 0 Å². The number of aromatic nitrogens is 1. The van der Waals surface area contributed by atoms with Gasteiger partial charge in [-0.1, -0.05) is 107 Å². The highest BCUT2D eigenvalue weighted by Gasteiger charge is 2.19. The minimum atomic E-state index is 0.389. The third-order valence-corrected chi connectivity index (χ3v) is 6.84. The van der Waals surface area contributed by atoms with E-state index in [-0.39, 0.29) is 0 Å². The number of nitrogens with zero attached hydrogens (tertiary/aromatic N) is 1. The van der Waals surface area contributed by atoms with Crippen LogP contribution in [-0.2, 0) is 0 Å². The molecule has 5 rings (SSSR count). The van der Waals surface area contributed by atoms with Gasteiger partial charge in [-0.2, -0.15) is 0 Å². The van der Waals surface area contributed by atoms with E-state index in [0.717, 1.165) is 11.3 Å². The molecule has 0 aliphatic rings. The van der Waals surface area contributed by atoms with Crippen LogP contribution in [0.25, 0.3) is 44.6 Å². The maximum Gasteiger partial charge on any atom is 0.0702 e. The fraction of sp³-hybridized carbons (Fsp3) is 0.171. The molecule has 0 fully saturated rings. The second kappa shape index (κ2) is 10.3. The summed E-state index contributed by atoms with van der Waals surface area (Å²) in [4.78, 5) is 4.69. The molecule has 4 aromatic carbocycles. The lowest BCUT2D eigenvalue weighted by Crippen LogP contribution is -2.02. The fourth-order valence-electron chi connectivity index (χ4n) is 4.98. The molecule has 0 saturated heterocycles. The van der Waals surface area contributed by atoms with Gasteiger partial charge in [-0.15, -0.1) is 0 Å². The summed E-state index contributed by atoms with van der Waals surface area (Å²) in [5.74, 6) is 0.777. The molecule has 0 aliphatic carbocycles.